The van der Waals surface area contributed by atoms with Crippen molar-refractivity contribution in [3.8, 4) is 18.1 Å². The first-order valence-electron chi connectivity index (χ1n) is 6.65. The fourth-order valence-corrected chi connectivity index (χ4v) is 1.85. The van der Waals surface area contributed by atoms with Crippen LogP contribution in [-0.4, -0.2) is 12.4 Å². The van der Waals surface area contributed by atoms with Crippen LogP contribution in [0.3, 0.4) is 0 Å². The summed E-state index contributed by atoms with van der Waals surface area (Å²) in [5.74, 6) is 2.79. The van der Waals surface area contributed by atoms with Gasteiger partial charge in [-0.05, 0) is 30.7 Å². The average Bonchev–Trinajstić information content (AvgIpc) is 2.52. The Bertz CT molecular complexity index is 688. The van der Waals surface area contributed by atoms with Crippen LogP contribution in [0.2, 0.25) is 0 Å². The Labute approximate surface area is 125 Å². The summed E-state index contributed by atoms with van der Waals surface area (Å²) in [5, 5.41) is 0. The van der Waals surface area contributed by atoms with Gasteiger partial charge in [0.05, 0.1) is 5.56 Å². The van der Waals surface area contributed by atoms with Gasteiger partial charge >= 0.3 is 0 Å². The molecule has 0 unspecified atom stereocenters. The van der Waals surface area contributed by atoms with Gasteiger partial charge in [0.25, 0.3) is 0 Å². The molecular weight excluding hydrogens is 260 g/mol. The molecule has 2 nitrogen and oxygen atoms in total. The van der Waals surface area contributed by atoms with Gasteiger partial charge in [-0.2, -0.15) is 0 Å². The minimum absolute atomic E-state index is 0.108. The third kappa shape index (κ3) is 4.09. The molecule has 0 bridgehead atoms. The van der Waals surface area contributed by atoms with E-state index in [9.17, 15) is 4.79 Å². The lowest BCUT2D eigenvalue weighted by Crippen LogP contribution is -2.01. The van der Waals surface area contributed by atoms with Crippen LogP contribution in [0.5, 0.6) is 5.75 Å². The number of rotatable bonds is 5. The van der Waals surface area contributed by atoms with Gasteiger partial charge in [-0.1, -0.05) is 54.0 Å². The van der Waals surface area contributed by atoms with E-state index in [0.717, 1.165) is 5.56 Å². The van der Waals surface area contributed by atoms with Crippen molar-refractivity contribution in [3.63, 3.8) is 0 Å². The first kappa shape index (κ1) is 14.6. The summed E-state index contributed by atoms with van der Waals surface area (Å²) >= 11 is 0. The summed E-state index contributed by atoms with van der Waals surface area (Å²) < 4.78 is 5.38. The Morgan fingerprint density at radius 3 is 2.62 bits per heavy atom. The van der Waals surface area contributed by atoms with Crippen molar-refractivity contribution in [3.05, 3.63) is 71.3 Å². The number of para-hydroxylation sites is 1. The highest BCUT2D eigenvalue weighted by Crippen LogP contribution is 2.19. The van der Waals surface area contributed by atoms with E-state index in [1.54, 1.807) is 30.4 Å². The first-order chi connectivity index (χ1) is 10.2. The van der Waals surface area contributed by atoms with Gasteiger partial charge < -0.3 is 4.74 Å². The molecule has 0 radical (unpaired) electrons. The largest absolute Gasteiger partial charge is 0.480 e. The monoisotopic (exact) mass is 276 g/mol. The van der Waals surface area contributed by atoms with Gasteiger partial charge in [-0.15, -0.1) is 6.42 Å². The summed E-state index contributed by atoms with van der Waals surface area (Å²) in [7, 11) is 0. The van der Waals surface area contributed by atoms with Crippen LogP contribution in [0, 0.1) is 19.3 Å². The number of benzene rings is 2. The quantitative estimate of drug-likeness (QED) is 0.470. The number of allylic oxidation sites excluding steroid dienone is 1. The number of carbonyl (C=O) groups excluding carboxylic acids is 1. The smallest absolute Gasteiger partial charge is 0.189 e. The van der Waals surface area contributed by atoms with Crippen molar-refractivity contribution in [1.82, 2.24) is 0 Å². The maximum Gasteiger partial charge on any atom is 0.189 e. The predicted octanol–water partition coefficient (Wildman–Crippen LogP) is 3.90. The molecule has 2 aromatic rings. The van der Waals surface area contributed by atoms with Crippen LogP contribution in [-0.2, 0) is 0 Å². The number of terminal acetylenes is 1. The molecule has 21 heavy (non-hydrogen) atoms. The summed E-state index contributed by atoms with van der Waals surface area (Å²) in [5.41, 5.74) is 2.68. The number of hydrogen-bond donors (Lipinski definition) is 0. The van der Waals surface area contributed by atoms with Crippen molar-refractivity contribution in [2.45, 2.75) is 6.92 Å². The summed E-state index contributed by atoms with van der Waals surface area (Å²) in [4.78, 5) is 12.3. The lowest BCUT2D eigenvalue weighted by molar-refractivity contribution is 0.104. The average molecular weight is 276 g/mol. The molecule has 2 aromatic carbocycles. The maximum atomic E-state index is 12.3. The van der Waals surface area contributed by atoms with Gasteiger partial charge in [-0.3, -0.25) is 4.79 Å². The highest BCUT2D eigenvalue weighted by Gasteiger charge is 2.08. The van der Waals surface area contributed by atoms with Gasteiger partial charge in [-0.25, -0.2) is 0 Å². The molecule has 0 aliphatic rings. The second-order valence-electron chi connectivity index (χ2n) is 4.60. The van der Waals surface area contributed by atoms with Crippen LogP contribution in [0.15, 0.2) is 54.6 Å². The van der Waals surface area contributed by atoms with Gasteiger partial charge in [0.1, 0.15) is 12.4 Å². The minimum Gasteiger partial charge on any atom is -0.480 e. The Hall–Kier alpha value is -2.79. The fraction of sp³-hybridized carbons (Fsp3) is 0.105. The lowest BCUT2D eigenvalue weighted by atomic mass is 10.1. The second kappa shape index (κ2) is 7.12. The van der Waals surface area contributed by atoms with Gasteiger partial charge in [0, 0.05) is 0 Å². The molecule has 0 aliphatic heterocycles. The maximum absolute atomic E-state index is 12.3. The molecule has 0 aliphatic carbocycles. The lowest BCUT2D eigenvalue weighted by Gasteiger charge is -2.06. The zero-order valence-corrected chi connectivity index (χ0v) is 11.9. The van der Waals surface area contributed by atoms with Crippen molar-refractivity contribution < 1.29 is 9.53 Å². The Kier molecular flexibility index (Phi) is 4.95. The minimum atomic E-state index is -0.108. The van der Waals surface area contributed by atoms with E-state index < -0.39 is 0 Å². The van der Waals surface area contributed by atoms with Gasteiger partial charge in [0.15, 0.2) is 5.78 Å². The number of carbonyl (C=O) groups is 1. The Morgan fingerprint density at radius 1 is 1.19 bits per heavy atom. The molecule has 0 N–H and O–H groups in total. The van der Waals surface area contributed by atoms with E-state index in [2.05, 4.69) is 5.92 Å². The molecule has 2 rings (SSSR count). The molecule has 0 heterocycles. The number of ketones is 1. The molecule has 0 saturated carbocycles. The third-order valence-electron chi connectivity index (χ3n) is 2.97. The van der Waals surface area contributed by atoms with E-state index in [4.69, 9.17) is 11.2 Å². The third-order valence-corrected chi connectivity index (χ3v) is 2.97. The summed E-state index contributed by atoms with van der Waals surface area (Å²) in [6.45, 7) is 2.17. The molecule has 0 spiro atoms. The molecule has 0 atom stereocenters. The molecule has 0 fully saturated rings. The van der Waals surface area contributed by atoms with Crippen molar-refractivity contribution in [1.29, 1.82) is 0 Å². The van der Waals surface area contributed by atoms with Crippen LogP contribution < -0.4 is 4.74 Å². The van der Waals surface area contributed by atoms with E-state index in [1.165, 1.54) is 5.56 Å². The number of aryl methyl sites for hydroxylation is 1. The zero-order chi connectivity index (χ0) is 15.1. The van der Waals surface area contributed by atoms with Crippen molar-refractivity contribution in [2.24, 2.45) is 0 Å². The molecule has 0 aromatic heterocycles. The normalized spacial score (nSPS) is 10.3. The standard InChI is InChI=1S/C19H16O2/c1-3-14-21-19-7-5-4-6-17(19)18(20)13-12-16-10-8-15(2)9-11-16/h1,4-13H,14H2,2H3/b13-12+. The molecule has 0 amide bonds. The molecular formula is C19H16O2. The topological polar surface area (TPSA) is 26.3 Å². The van der Waals surface area contributed by atoms with E-state index >= 15 is 0 Å². The predicted molar refractivity (Wildman–Crippen MR) is 85.3 cm³/mol. The summed E-state index contributed by atoms with van der Waals surface area (Å²) in [6.07, 6.45) is 8.51. The summed E-state index contributed by atoms with van der Waals surface area (Å²) in [6, 6.07) is 15.0. The van der Waals surface area contributed by atoms with Crippen LogP contribution in [0.4, 0.5) is 0 Å². The second-order valence-corrected chi connectivity index (χ2v) is 4.60. The van der Waals surface area contributed by atoms with E-state index in [-0.39, 0.29) is 12.4 Å². The number of ether oxygens (including phenoxy) is 1. The Morgan fingerprint density at radius 2 is 1.90 bits per heavy atom. The van der Waals surface area contributed by atoms with Crippen molar-refractivity contribution in [2.75, 3.05) is 6.61 Å². The SMILES string of the molecule is C#CCOc1ccccc1C(=O)/C=C/c1ccc(C)cc1. The first-order valence-corrected chi connectivity index (χ1v) is 6.65. The Balaban J connectivity index is 2.17. The highest BCUT2D eigenvalue weighted by molar-refractivity contribution is 6.08. The fourth-order valence-electron chi connectivity index (χ4n) is 1.85. The number of hydrogen-bond acceptors (Lipinski definition) is 2. The van der Waals surface area contributed by atoms with Crippen LogP contribution in [0.25, 0.3) is 6.08 Å². The van der Waals surface area contributed by atoms with E-state index in [0.29, 0.717) is 11.3 Å². The van der Waals surface area contributed by atoms with Gasteiger partial charge in [0.2, 0.25) is 0 Å². The van der Waals surface area contributed by atoms with Crippen LogP contribution >= 0.6 is 0 Å². The van der Waals surface area contributed by atoms with E-state index in [1.807, 2.05) is 37.3 Å². The molecule has 104 valence electrons. The van der Waals surface area contributed by atoms with Crippen molar-refractivity contribution >= 4 is 11.9 Å². The zero-order valence-electron chi connectivity index (χ0n) is 11.9. The molecule has 0 saturated heterocycles. The van der Waals surface area contributed by atoms with Crippen LogP contribution in [0.1, 0.15) is 21.5 Å². The highest BCUT2D eigenvalue weighted by atomic mass is 16.5. The molecule has 2 heteroatoms.